The maximum absolute atomic E-state index is 12.4. The molecule has 6 aromatic rings. The van der Waals surface area contributed by atoms with Gasteiger partial charge < -0.3 is 35.1 Å². The minimum absolute atomic E-state index is 0. The number of aliphatic carboxylic acids is 1. The van der Waals surface area contributed by atoms with Crippen LogP contribution in [0.3, 0.4) is 0 Å². The van der Waals surface area contributed by atoms with Gasteiger partial charge in [0, 0.05) is 110 Å². The molecule has 0 saturated heterocycles. The van der Waals surface area contributed by atoms with Crippen LogP contribution in [0.2, 0.25) is 13.6 Å². The van der Waals surface area contributed by atoms with Crippen molar-refractivity contribution in [1.29, 1.82) is 6.65 Å². The number of nitrogens with one attached hydrogen (secondary N) is 2. The van der Waals surface area contributed by atoms with Crippen LogP contribution in [0.15, 0.2) is 66.4 Å². The number of hydrogen-bond donors (Lipinski definition) is 4. The van der Waals surface area contributed by atoms with Crippen molar-refractivity contribution in [3.63, 3.8) is 0 Å². The molecule has 4 aromatic carbocycles. The van der Waals surface area contributed by atoms with Gasteiger partial charge in [-0.05, 0) is 270 Å². The van der Waals surface area contributed by atoms with Gasteiger partial charge in [-0.3, -0.25) is 33.2 Å². The Morgan fingerprint density at radius 3 is 1.28 bits per heavy atom. The fourth-order valence-corrected chi connectivity index (χ4v) is 17.9. The molecule has 2 heterocycles. The molecule has 0 spiro atoms. The summed E-state index contributed by atoms with van der Waals surface area (Å²) in [6.45, 7) is 8.14. The molecule has 0 aliphatic heterocycles. The first-order valence-corrected chi connectivity index (χ1v) is 37.9. The number of hydrogen-bond acceptors (Lipinski definition) is 16. The van der Waals surface area contributed by atoms with E-state index in [1.165, 1.54) is 24.3 Å². The van der Waals surface area contributed by atoms with E-state index < -0.39 is 13.1 Å². The molecule has 0 unspecified atom stereocenters. The molecule has 5 N–H and O–H groups in total. The van der Waals surface area contributed by atoms with E-state index in [2.05, 4.69) is 128 Å². The number of fused-ring (bicyclic) bond motifs is 2. The summed E-state index contributed by atoms with van der Waals surface area (Å²) in [4.78, 5) is 77.5. The van der Waals surface area contributed by atoms with Crippen LogP contribution in [-0.4, -0.2) is 109 Å². The Balaban J connectivity index is 0.000000606. The van der Waals surface area contributed by atoms with Crippen molar-refractivity contribution in [3.05, 3.63) is 83.6 Å². The second-order valence-corrected chi connectivity index (χ2v) is 30.5. The monoisotopic (exact) mass is 2100 g/mol. The Morgan fingerprint density at radius 2 is 0.938 bits per heavy atom. The molecule has 4 aliphatic carbocycles. The number of carbonyl (C=O) groups is 6. The number of rotatable bonds is 13. The second-order valence-electron chi connectivity index (χ2n) is 22.3. The molecular weight excluding hydrogens is 2020 g/mol. The first-order chi connectivity index (χ1) is 46.6. The Morgan fingerprint density at radius 1 is 0.639 bits per heavy atom. The fourth-order valence-electron chi connectivity index (χ4n) is 11.1. The topological polar surface area (TPSA) is 247 Å². The van der Waals surface area contributed by atoms with Crippen molar-refractivity contribution in [2.24, 2.45) is 35.5 Å². The van der Waals surface area contributed by atoms with Gasteiger partial charge in [0.1, 0.15) is 40.3 Å². The fraction of sp³-hybridized carbons (Fsp3) is 0.515. The molecular formula is C66H84B3Br4ClF2I2N5O11S2U. The van der Waals surface area contributed by atoms with Gasteiger partial charge in [-0.2, -0.15) is 0 Å². The Bertz CT molecular complexity index is 3400. The van der Waals surface area contributed by atoms with Gasteiger partial charge in [-0.25, -0.2) is 9.97 Å². The zero-order valence-corrected chi connectivity index (χ0v) is 72.9. The Kier molecular flexibility index (Phi) is 45.5. The standard InChI is InChI=1S/C16H19BrINO3.C16H18BrNO2S.C15H16BrNO3S.C9H13ClO2.C7H7BrINO.CH4B.CH3B.CH3F.BFHN.U/c1-9(20)10-3-5-11(6-4-10)16(21)19-14-8-15(22-2)12(17)7-13(14)18;1-9(19)10-3-5-11(6-4-10)16-18-13-8-14(20-2)12(17)7-15(13)21-16;1-20-12-7-11-13(6-10(12)16)21-14(17-11)8-2-4-9(5-3-8)15(18)19;1-6(11)7-2-4-8(5-3-7)9(10)12;1-11-7-3-6(10)5(9)2-4(7)8;3*1-2;2-1-3;/h7-8,10-11H,3-6H2,1-2H3,(H,19,21);7-8,10-11H,3-6H2,1-2H3;6-9H,2-5H2,1H3,(H,18,19);7-8H,2-5H2,1H3;2-3H,10H2,1H3;2H,1H3;2*1H3;3H;/i;;;;;2T;;1D;;. The average molecular weight is 2110 g/mol. The van der Waals surface area contributed by atoms with E-state index in [-0.39, 0.29) is 96.7 Å². The number of amides is 1. The molecule has 4 saturated carbocycles. The van der Waals surface area contributed by atoms with Crippen molar-refractivity contribution >= 4 is 232 Å². The normalized spacial score (nSPS) is 19.8. The van der Waals surface area contributed by atoms with Gasteiger partial charge in [0.15, 0.2) is 0 Å². The molecule has 97 heavy (non-hydrogen) atoms. The first-order valence-electron chi connectivity index (χ1n) is 31.9. The number of aromatic nitrogens is 2. The summed E-state index contributed by atoms with van der Waals surface area (Å²) in [6.07, 6.45) is 13.9. The minimum Gasteiger partial charge on any atom is -0.255 e. The number of carbonyl (C=O) groups excluding carboxylic acids is 5. The third-order valence-electron chi connectivity index (χ3n) is 16.5. The SMILES string of the molecule is CC(=O)C1CCC(C(=O)Cl)CC1.COc1cc(N)c(I)cc1Br.COc1cc(NC(=O)C2CCC(C(C)=O)CC2)c(I)cc1Br.COc1cc2nc(C3CCC(C(=O)O)CC3)sc2cc1Br.COc1cc2nc(C3CCC(C(C)=O)CC3)sc2cc1Br.N=BF.[2H]CF.[3H][B]C.[B]C.[U]. The van der Waals surface area contributed by atoms with E-state index in [0.29, 0.717) is 23.4 Å². The van der Waals surface area contributed by atoms with Crippen molar-refractivity contribution in [1.82, 2.24) is 9.97 Å². The van der Waals surface area contributed by atoms with Gasteiger partial charge in [0.2, 0.25) is 11.1 Å². The van der Waals surface area contributed by atoms with Gasteiger partial charge in [-0.1, -0.05) is 13.6 Å². The summed E-state index contributed by atoms with van der Waals surface area (Å²) in [5, 5.41) is 19.6. The van der Waals surface area contributed by atoms with E-state index >= 15 is 0 Å². The number of methoxy groups -OCH3 is 4. The summed E-state index contributed by atoms with van der Waals surface area (Å²) in [7, 11) is 11.0. The molecule has 0 atom stereocenters. The summed E-state index contributed by atoms with van der Waals surface area (Å²) < 4.78 is 60.4. The number of benzene rings is 4. The molecule has 1 amide bonds. The molecule has 16 nitrogen and oxygen atoms in total. The quantitative estimate of drug-likeness (QED) is 0.0364. The third-order valence-corrected chi connectivity index (χ3v) is 23.5. The Hall–Kier alpha value is -2.14. The molecule has 4 aliphatic rings. The number of anilines is 2. The van der Waals surface area contributed by atoms with E-state index in [0.717, 1.165) is 177 Å². The number of carboxylic acid groups (broad SMARTS) is 1. The smallest absolute Gasteiger partial charge is 0.0823 e. The van der Waals surface area contributed by atoms with Gasteiger partial charge in [0.25, 0.3) is 0 Å². The van der Waals surface area contributed by atoms with E-state index in [9.17, 15) is 37.5 Å². The molecule has 4 fully saturated rings. The number of nitrogens with zero attached hydrogens (tertiary/aromatic N) is 2. The maximum atomic E-state index is 12.4. The van der Waals surface area contributed by atoms with Gasteiger partial charge in [-0.15, -0.1) is 22.7 Å². The van der Waals surface area contributed by atoms with Gasteiger partial charge >= 0.3 is 22.9 Å². The minimum atomic E-state index is -1.00. The molecule has 31 heteroatoms. The summed E-state index contributed by atoms with van der Waals surface area (Å²) >= 11 is 27.0. The maximum Gasteiger partial charge on any atom is 0.0823 e. The third kappa shape index (κ3) is 30.2. The number of carboxylic acids is 1. The van der Waals surface area contributed by atoms with Crippen molar-refractivity contribution < 1.29 is 94.0 Å². The molecule has 3 radical (unpaired) electrons. The van der Waals surface area contributed by atoms with E-state index in [1.807, 2.05) is 36.4 Å². The van der Waals surface area contributed by atoms with Gasteiger partial charge in [0.05, 0.1) is 113 Å². The number of ketones is 3. The van der Waals surface area contributed by atoms with Crippen LogP contribution in [0.4, 0.5) is 20.1 Å². The Labute approximate surface area is 673 Å². The number of ether oxygens (including phenoxy) is 4. The van der Waals surface area contributed by atoms with Crippen LogP contribution in [0.5, 0.6) is 23.0 Å². The average Bonchev–Trinajstić information content (AvgIpc) is 1.68. The predicted molar refractivity (Wildman–Crippen MR) is 420 cm³/mol. The van der Waals surface area contributed by atoms with Crippen molar-refractivity contribution in [2.75, 3.05) is 46.6 Å². The van der Waals surface area contributed by atoms with Crippen LogP contribution in [0, 0.1) is 79.1 Å². The summed E-state index contributed by atoms with van der Waals surface area (Å²) in [6, 6.07) is 15.5. The zero-order chi connectivity index (χ0) is 73.9. The summed E-state index contributed by atoms with van der Waals surface area (Å²) in [5.74, 6) is 4.55. The van der Waals surface area contributed by atoms with Crippen molar-refractivity contribution in [3.8, 4) is 23.0 Å². The predicted octanol–water partition coefficient (Wildman–Crippen LogP) is 19.6. The zero-order valence-electron chi connectivity index (χ0n) is 57.7. The van der Waals surface area contributed by atoms with Crippen LogP contribution >= 0.6 is 143 Å². The number of alkyl halides is 1. The van der Waals surface area contributed by atoms with E-state index in [4.69, 9.17) is 59.4 Å². The van der Waals surface area contributed by atoms with Crippen LogP contribution in [0.1, 0.15) is 147 Å². The summed E-state index contributed by atoms with van der Waals surface area (Å²) in [5.41, 5.74) is 9.12. The molecule has 0 bridgehead atoms. The molecule has 527 valence electrons. The van der Waals surface area contributed by atoms with Crippen molar-refractivity contribution in [2.45, 2.75) is 149 Å². The number of thiazole rings is 2. The number of nitrogens with two attached hydrogens (primary N) is 1. The first kappa shape index (κ1) is 89.1. The number of nitrogen functional groups attached to an aromatic ring is 1. The number of Topliss-reactive ketones (excluding diaryl/α,β-unsaturated/α-hetero) is 3. The van der Waals surface area contributed by atoms with Crippen LogP contribution < -0.4 is 30.0 Å². The number of halogens is 9. The van der Waals surface area contributed by atoms with Crippen LogP contribution in [-0.2, 0) is 28.8 Å². The molecule has 10 rings (SSSR count). The largest absolute Gasteiger partial charge is 0.255 e. The molecule has 2 aromatic heterocycles. The second kappa shape index (κ2) is 49.5. The van der Waals surface area contributed by atoms with E-state index in [1.54, 1.807) is 84.8 Å². The van der Waals surface area contributed by atoms with Crippen LogP contribution in [0.25, 0.3) is 20.4 Å².